The molecule has 0 bridgehead atoms. The number of rotatable bonds is 3. The quantitative estimate of drug-likeness (QED) is 0.679. The number of para-hydroxylation sites is 1. The molecule has 0 saturated carbocycles. The van der Waals surface area contributed by atoms with Gasteiger partial charge in [0.25, 0.3) is 0 Å². The predicted molar refractivity (Wildman–Crippen MR) is 77.9 cm³/mol. The van der Waals surface area contributed by atoms with Crippen molar-refractivity contribution in [3.05, 3.63) is 64.1 Å². The van der Waals surface area contributed by atoms with E-state index < -0.39 is 0 Å². The van der Waals surface area contributed by atoms with Gasteiger partial charge in [0.2, 0.25) is 0 Å². The molecule has 0 aliphatic rings. The topological polar surface area (TPSA) is 83.9 Å². The standard InChI is InChI=1S/C15H15N3O2/c1-20-13-5-3-2-4-10(13)14(16)9-6-7-11-12(8-9)18-15(19)17-11/h2-8,14H,16H2,1H3,(H2,17,18,19). The van der Waals surface area contributed by atoms with Crippen molar-refractivity contribution in [2.45, 2.75) is 6.04 Å². The highest BCUT2D eigenvalue weighted by molar-refractivity contribution is 5.75. The van der Waals surface area contributed by atoms with Crippen LogP contribution in [-0.4, -0.2) is 17.1 Å². The maximum absolute atomic E-state index is 11.3. The summed E-state index contributed by atoms with van der Waals surface area (Å²) < 4.78 is 5.34. The normalized spacial score (nSPS) is 12.5. The van der Waals surface area contributed by atoms with Crippen molar-refractivity contribution in [2.24, 2.45) is 5.73 Å². The van der Waals surface area contributed by atoms with Gasteiger partial charge in [0.15, 0.2) is 0 Å². The van der Waals surface area contributed by atoms with Crippen molar-refractivity contribution in [2.75, 3.05) is 7.11 Å². The molecule has 0 aliphatic heterocycles. The number of imidazole rings is 1. The summed E-state index contributed by atoms with van der Waals surface area (Å²) >= 11 is 0. The van der Waals surface area contributed by atoms with Crippen molar-refractivity contribution in [1.29, 1.82) is 0 Å². The van der Waals surface area contributed by atoms with Gasteiger partial charge in [0, 0.05) is 5.56 Å². The molecule has 1 heterocycles. The molecule has 2 aromatic carbocycles. The van der Waals surface area contributed by atoms with Gasteiger partial charge in [-0.15, -0.1) is 0 Å². The molecule has 0 fully saturated rings. The average molecular weight is 269 g/mol. The summed E-state index contributed by atoms with van der Waals surface area (Å²) in [5.74, 6) is 0.752. The van der Waals surface area contributed by atoms with Crippen LogP contribution in [0.4, 0.5) is 0 Å². The van der Waals surface area contributed by atoms with E-state index in [1.54, 1.807) is 7.11 Å². The summed E-state index contributed by atoms with van der Waals surface area (Å²) in [5.41, 5.74) is 9.43. The zero-order valence-corrected chi connectivity index (χ0v) is 11.0. The van der Waals surface area contributed by atoms with Gasteiger partial charge < -0.3 is 20.4 Å². The van der Waals surface area contributed by atoms with E-state index >= 15 is 0 Å². The lowest BCUT2D eigenvalue weighted by Gasteiger charge is -2.16. The molecule has 1 atom stereocenters. The van der Waals surface area contributed by atoms with Crippen LogP contribution in [0, 0.1) is 0 Å². The fourth-order valence-electron chi connectivity index (χ4n) is 2.35. The summed E-state index contributed by atoms with van der Waals surface area (Å²) in [6, 6.07) is 13.0. The van der Waals surface area contributed by atoms with Gasteiger partial charge in [0.05, 0.1) is 24.2 Å². The first-order valence-electron chi connectivity index (χ1n) is 6.29. The smallest absolute Gasteiger partial charge is 0.323 e. The Balaban J connectivity index is 2.07. The fraction of sp³-hybridized carbons (Fsp3) is 0.133. The molecule has 5 heteroatoms. The van der Waals surface area contributed by atoms with E-state index in [1.165, 1.54) is 0 Å². The number of methoxy groups -OCH3 is 1. The van der Waals surface area contributed by atoms with Gasteiger partial charge in [-0.2, -0.15) is 0 Å². The second-order valence-corrected chi connectivity index (χ2v) is 4.60. The third-order valence-electron chi connectivity index (χ3n) is 3.37. The Morgan fingerprint density at radius 1 is 1.10 bits per heavy atom. The lowest BCUT2D eigenvalue weighted by atomic mass is 9.98. The minimum absolute atomic E-state index is 0.219. The highest BCUT2D eigenvalue weighted by Gasteiger charge is 2.14. The van der Waals surface area contributed by atoms with Crippen LogP contribution in [0.1, 0.15) is 17.2 Å². The van der Waals surface area contributed by atoms with Crippen LogP contribution in [0.25, 0.3) is 11.0 Å². The van der Waals surface area contributed by atoms with E-state index in [0.29, 0.717) is 0 Å². The molecule has 20 heavy (non-hydrogen) atoms. The lowest BCUT2D eigenvalue weighted by molar-refractivity contribution is 0.408. The molecular weight excluding hydrogens is 254 g/mol. The molecule has 0 amide bonds. The van der Waals surface area contributed by atoms with Crippen LogP contribution in [0.15, 0.2) is 47.3 Å². The Kier molecular flexibility index (Phi) is 3.04. The molecule has 5 nitrogen and oxygen atoms in total. The maximum Gasteiger partial charge on any atom is 0.323 e. The van der Waals surface area contributed by atoms with Crippen LogP contribution in [-0.2, 0) is 0 Å². The number of hydrogen-bond acceptors (Lipinski definition) is 3. The Morgan fingerprint density at radius 3 is 2.65 bits per heavy atom. The molecule has 0 aliphatic carbocycles. The maximum atomic E-state index is 11.3. The Hall–Kier alpha value is -2.53. The van der Waals surface area contributed by atoms with Crippen molar-refractivity contribution >= 4 is 11.0 Å². The molecule has 3 rings (SSSR count). The predicted octanol–water partition coefficient (Wildman–Crippen LogP) is 1.91. The molecule has 0 spiro atoms. The number of aromatic amines is 2. The molecule has 4 N–H and O–H groups in total. The lowest BCUT2D eigenvalue weighted by Crippen LogP contribution is -2.13. The number of H-pyrrole nitrogens is 2. The van der Waals surface area contributed by atoms with Crippen LogP contribution >= 0.6 is 0 Å². The summed E-state index contributed by atoms with van der Waals surface area (Å²) in [5, 5.41) is 0. The first kappa shape index (κ1) is 12.5. The summed E-state index contributed by atoms with van der Waals surface area (Å²) in [7, 11) is 1.62. The van der Waals surface area contributed by atoms with Crippen LogP contribution in [0.5, 0.6) is 5.75 Å². The molecule has 0 saturated heterocycles. The van der Waals surface area contributed by atoms with Crippen LogP contribution in [0.3, 0.4) is 0 Å². The number of nitrogens with one attached hydrogen (secondary N) is 2. The number of nitrogens with two attached hydrogens (primary N) is 1. The van der Waals surface area contributed by atoms with E-state index in [9.17, 15) is 4.79 Å². The molecule has 1 aromatic heterocycles. The van der Waals surface area contributed by atoms with E-state index in [-0.39, 0.29) is 11.7 Å². The van der Waals surface area contributed by atoms with Gasteiger partial charge in [-0.05, 0) is 23.8 Å². The summed E-state index contributed by atoms with van der Waals surface area (Å²) in [6.07, 6.45) is 0. The molecule has 102 valence electrons. The highest BCUT2D eigenvalue weighted by atomic mass is 16.5. The fourth-order valence-corrected chi connectivity index (χ4v) is 2.35. The van der Waals surface area contributed by atoms with Gasteiger partial charge in [-0.25, -0.2) is 4.79 Å². The number of aromatic nitrogens is 2. The second kappa shape index (κ2) is 4.86. The van der Waals surface area contributed by atoms with E-state index in [0.717, 1.165) is 27.9 Å². The van der Waals surface area contributed by atoms with Gasteiger partial charge in [-0.1, -0.05) is 24.3 Å². The van der Waals surface area contributed by atoms with Crippen LogP contribution < -0.4 is 16.2 Å². The van der Waals surface area contributed by atoms with E-state index in [4.69, 9.17) is 10.5 Å². The van der Waals surface area contributed by atoms with Gasteiger partial charge in [0.1, 0.15) is 5.75 Å². The Morgan fingerprint density at radius 2 is 1.85 bits per heavy atom. The third kappa shape index (κ3) is 2.08. The third-order valence-corrected chi connectivity index (χ3v) is 3.37. The molecule has 0 radical (unpaired) electrons. The van der Waals surface area contributed by atoms with E-state index in [1.807, 2.05) is 42.5 Å². The number of ether oxygens (including phenoxy) is 1. The zero-order chi connectivity index (χ0) is 14.1. The average Bonchev–Trinajstić information content (AvgIpc) is 2.85. The van der Waals surface area contributed by atoms with E-state index in [2.05, 4.69) is 9.97 Å². The van der Waals surface area contributed by atoms with Gasteiger partial charge >= 0.3 is 5.69 Å². The number of fused-ring (bicyclic) bond motifs is 1. The first-order valence-corrected chi connectivity index (χ1v) is 6.29. The van der Waals surface area contributed by atoms with Crippen molar-refractivity contribution in [3.63, 3.8) is 0 Å². The van der Waals surface area contributed by atoms with Crippen molar-refractivity contribution in [1.82, 2.24) is 9.97 Å². The first-order chi connectivity index (χ1) is 9.69. The van der Waals surface area contributed by atoms with Crippen LogP contribution in [0.2, 0.25) is 0 Å². The largest absolute Gasteiger partial charge is 0.496 e. The second-order valence-electron chi connectivity index (χ2n) is 4.60. The molecular formula is C15H15N3O2. The summed E-state index contributed by atoms with van der Waals surface area (Å²) in [4.78, 5) is 16.7. The number of hydrogen-bond donors (Lipinski definition) is 3. The zero-order valence-electron chi connectivity index (χ0n) is 11.0. The number of benzene rings is 2. The molecule has 3 aromatic rings. The van der Waals surface area contributed by atoms with Crippen molar-refractivity contribution < 1.29 is 4.74 Å². The van der Waals surface area contributed by atoms with Crippen molar-refractivity contribution in [3.8, 4) is 5.75 Å². The monoisotopic (exact) mass is 269 g/mol. The minimum Gasteiger partial charge on any atom is -0.496 e. The minimum atomic E-state index is -0.311. The van der Waals surface area contributed by atoms with Gasteiger partial charge in [-0.3, -0.25) is 0 Å². The SMILES string of the molecule is COc1ccccc1C(N)c1ccc2[nH]c(=O)[nH]c2c1. The Labute approximate surface area is 115 Å². The summed E-state index contributed by atoms with van der Waals surface area (Å²) in [6.45, 7) is 0. The highest BCUT2D eigenvalue weighted by Crippen LogP contribution is 2.28. The Bertz CT molecular complexity index is 804. The molecule has 1 unspecified atom stereocenters.